The van der Waals surface area contributed by atoms with E-state index in [9.17, 15) is 39.8 Å². The van der Waals surface area contributed by atoms with Crippen LogP contribution in [0.25, 0.3) is 0 Å². The smallest absolute Gasteiger partial charge is 0.457 e. The van der Waals surface area contributed by atoms with Crippen molar-refractivity contribution < 1.29 is 58.3 Å². The van der Waals surface area contributed by atoms with Gasteiger partial charge in [0.15, 0.2) is 0 Å². The lowest BCUT2D eigenvalue weighted by Gasteiger charge is -2.41. The first-order chi connectivity index (χ1) is 26.0. The molecule has 312 valence electrons. The van der Waals surface area contributed by atoms with Crippen LogP contribution in [0.1, 0.15) is 129 Å². The van der Waals surface area contributed by atoms with E-state index in [0.29, 0.717) is 13.0 Å². The molecule has 0 aromatic carbocycles. The van der Waals surface area contributed by atoms with Gasteiger partial charge in [0, 0.05) is 13.0 Å². The summed E-state index contributed by atoms with van der Waals surface area (Å²) in [5.41, 5.74) is 0. The highest BCUT2D eigenvalue weighted by Gasteiger charge is 2.51. The molecule has 6 N–H and O–H groups in total. The monoisotopic (exact) mass is 786 g/mol. The molecule has 0 spiro atoms. The summed E-state index contributed by atoms with van der Waals surface area (Å²) < 4.78 is 33.9. The SMILES string of the molecule is CC/C=C\C/C=C\C/C=C\C/C=C\C/C=C\CCCCCCOCC(COP(=O)(O)OC1C(O)C(O)C(O)C(O)C1O)OC(=O)CCCCCCCCC. The van der Waals surface area contributed by atoms with Crippen LogP contribution in [0.3, 0.4) is 0 Å². The third-order valence-corrected chi connectivity index (χ3v) is 9.89. The number of allylic oxidation sites excluding steroid dienone is 10. The van der Waals surface area contributed by atoms with Crippen molar-refractivity contribution >= 4 is 13.8 Å². The first-order valence-corrected chi connectivity index (χ1v) is 21.6. The van der Waals surface area contributed by atoms with Gasteiger partial charge in [0.1, 0.15) is 42.7 Å². The number of hydrogen-bond acceptors (Lipinski definition) is 11. The number of rotatable bonds is 32. The summed E-state index contributed by atoms with van der Waals surface area (Å²) in [6.07, 6.45) is 26.2. The summed E-state index contributed by atoms with van der Waals surface area (Å²) in [5.74, 6) is -0.497. The van der Waals surface area contributed by atoms with Crippen molar-refractivity contribution in [3.05, 3.63) is 60.8 Å². The topological polar surface area (TPSA) is 192 Å². The van der Waals surface area contributed by atoms with Gasteiger partial charge >= 0.3 is 13.8 Å². The second-order valence-electron chi connectivity index (χ2n) is 13.8. The van der Waals surface area contributed by atoms with E-state index in [1.54, 1.807) is 0 Å². The lowest BCUT2D eigenvalue weighted by Crippen LogP contribution is -2.64. The van der Waals surface area contributed by atoms with Crippen LogP contribution in [-0.2, 0) is 27.9 Å². The zero-order chi connectivity index (χ0) is 39.9. The van der Waals surface area contributed by atoms with Crippen LogP contribution < -0.4 is 0 Å². The van der Waals surface area contributed by atoms with Crippen molar-refractivity contribution in [2.24, 2.45) is 0 Å². The predicted octanol–water partition coefficient (Wildman–Crippen LogP) is 7.08. The fourth-order valence-corrected chi connectivity index (χ4v) is 6.65. The van der Waals surface area contributed by atoms with Gasteiger partial charge in [-0.2, -0.15) is 0 Å². The number of phosphoric ester groups is 1. The molecule has 0 aromatic heterocycles. The average Bonchev–Trinajstić information content (AvgIpc) is 3.15. The fraction of sp³-hybridized carbons (Fsp3) is 0.732. The second-order valence-corrected chi connectivity index (χ2v) is 15.2. The molecule has 13 heteroatoms. The minimum atomic E-state index is -5.01. The summed E-state index contributed by atoms with van der Waals surface area (Å²) in [6, 6.07) is 0. The number of carbonyl (C=O) groups excluding carboxylic acids is 1. The highest BCUT2D eigenvalue weighted by molar-refractivity contribution is 7.47. The number of aliphatic hydroxyl groups excluding tert-OH is 5. The Kier molecular flexibility index (Phi) is 29.8. The normalized spacial score (nSPS) is 24.1. The van der Waals surface area contributed by atoms with Gasteiger partial charge in [-0.15, -0.1) is 0 Å². The number of carbonyl (C=O) groups is 1. The Balaban J connectivity index is 2.40. The molecule has 6 atom stereocenters. The van der Waals surface area contributed by atoms with Gasteiger partial charge < -0.3 is 39.9 Å². The van der Waals surface area contributed by atoms with E-state index in [1.807, 2.05) is 0 Å². The number of esters is 1. The fourth-order valence-electron chi connectivity index (χ4n) is 5.67. The maximum absolute atomic E-state index is 12.7. The third-order valence-electron chi connectivity index (χ3n) is 8.90. The predicted molar refractivity (Wildman–Crippen MR) is 212 cm³/mol. The molecule has 12 nitrogen and oxygen atoms in total. The molecule has 0 aromatic rings. The first kappa shape index (κ1) is 50.1. The van der Waals surface area contributed by atoms with Crippen LogP contribution in [0, 0.1) is 0 Å². The minimum absolute atomic E-state index is 0.0961. The molecule has 1 aliphatic carbocycles. The molecule has 54 heavy (non-hydrogen) atoms. The van der Waals surface area contributed by atoms with Crippen molar-refractivity contribution in [3.63, 3.8) is 0 Å². The molecule has 1 saturated carbocycles. The van der Waals surface area contributed by atoms with E-state index in [0.717, 1.165) is 89.9 Å². The molecule has 1 rings (SSSR count). The second kappa shape index (κ2) is 32.2. The Morgan fingerprint density at radius 3 is 1.67 bits per heavy atom. The molecule has 1 aliphatic rings. The summed E-state index contributed by atoms with van der Waals surface area (Å²) in [5, 5.41) is 49.9. The molecule has 0 heterocycles. The molecule has 6 unspecified atom stereocenters. The van der Waals surface area contributed by atoms with Crippen molar-refractivity contribution in [1.82, 2.24) is 0 Å². The summed E-state index contributed by atoms with van der Waals surface area (Å²) >= 11 is 0. The molecular formula is C41H71O12P. The van der Waals surface area contributed by atoms with Crippen LogP contribution in [0.15, 0.2) is 60.8 Å². The Morgan fingerprint density at radius 1 is 0.611 bits per heavy atom. The van der Waals surface area contributed by atoms with E-state index in [-0.39, 0.29) is 13.0 Å². The lowest BCUT2D eigenvalue weighted by molar-refractivity contribution is -0.220. The van der Waals surface area contributed by atoms with E-state index in [4.69, 9.17) is 18.5 Å². The van der Waals surface area contributed by atoms with Crippen molar-refractivity contribution in [1.29, 1.82) is 0 Å². The number of hydrogen-bond donors (Lipinski definition) is 6. The Bertz CT molecular complexity index is 1120. The van der Waals surface area contributed by atoms with Gasteiger partial charge in [-0.3, -0.25) is 13.8 Å². The average molecular weight is 787 g/mol. The molecule has 0 amide bonds. The summed E-state index contributed by atoms with van der Waals surface area (Å²) in [4.78, 5) is 22.9. The van der Waals surface area contributed by atoms with Crippen molar-refractivity contribution in [3.8, 4) is 0 Å². The van der Waals surface area contributed by atoms with Crippen LogP contribution in [0.4, 0.5) is 0 Å². The quantitative estimate of drug-likeness (QED) is 0.0176. The first-order valence-electron chi connectivity index (χ1n) is 20.1. The summed E-state index contributed by atoms with van der Waals surface area (Å²) in [7, 11) is -5.01. The minimum Gasteiger partial charge on any atom is -0.457 e. The van der Waals surface area contributed by atoms with Crippen LogP contribution in [-0.4, -0.2) is 98.9 Å². The molecular weight excluding hydrogens is 715 g/mol. The Labute approximate surface area is 324 Å². The van der Waals surface area contributed by atoms with Gasteiger partial charge in [0.2, 0.25) is 0 Å². The number of ether oxygens (including phenoxy) is 2. The lowest BCUT2D eigenvalue weighted by atomic mass is 9.85. The van der Waals surface area contributed by atoms with E-state index < -0.39 is 63.1 Å². The van der Waals surface area contributed by atoms with Crippen molar-refractivity contribution in [2.45, 2.75) is 172 Å². The number of unbranched alkanes of at least 4 members (excludes halogenated alkanes) is 10. The van der Waals surface area contributed by atoms with E-state index in [2.05, 4.69) is 74.6 Å². The highest BCUT2D eigenvalue weighted by Crippen LogP contribution is 2.47. The standard InChI is InChI=1S/C41H71O12P/c1-3-5-7-9-11-12-13-14-15-16-17-18-19-20-21-22-23-25-27-29-31-50-32-34(52-35(42)30-28-26-24-10-8-6-4-2)33-51-54(48,49)53-41-39(46)37(44)36(43)38(45)40(41)47/h5,7,11-12,14-15,17-18,20-21,34,36-41,43-47H,3-4,6,8-10,13,16,19,22-33H2,1-2H3,(H,48,49)/b7-5-,12-11-,15-14-,18-17-,21-20-. The van der Waals surface area contributed by atoms with Crippen molar-refractivity contribution in [2.75, 3.05) is 19.8 Å². The van der Waals surface area contributed by atoms with Gasteiger partial charge in [-0.25, -0.2) is 4.57 Å². The molecule has 0 bridgehead atoms. The van der Waals surface area contributed by atoms with E-state index in [1.165, 1.54) is 12.8 Å². The summed E-state index contributed by atoms with van der Waals surface area (Å²) in [6.45, 7) is 3.99. The van der Waals surface area contributed by atoms with Gasteiger partial charge in [-0.1, -0.05) is 126 Å². The zero-order valence-electron chi connectivity index (χ0n) is 32.7. The van der Waals surface area contributed by atoms with Gasteiger partial charge in [0.05, 0.1) is 13.2 Å². The maximum atomic E-state index is 12.7. The van der Waals surface area contributed by atoms with Crippen LogP contribution >= 0.6 is 7.82 Å². The van der Waals surface area contributed by atoms with Crippen LogP contribution in [0.5, 0.6) is 0 Å². The third kappa shape index (κ3) is 24.5. The van der Waals surface area contributed by atoms with Crippen LogP contribution in [0.2, 0.25) is 0 Å². The maximum Gasteiger partial charge on any atom is 0.472 e. The Morgan fingerprint density at radius 2 is 1.09 bits per heavy atom. The molecule has 1 fully saturated rings. The number of phosphoric acid groups is 1. The van der Waals surface area contributed by atoms with Gasteiger partial charge in [-0.05, 0) is 57.8 Å². The van der Waals surface area contributed by atoms with Gasteiger partial charge in [0.25, 0.3) is 0 Å². The van der Waals surface area contributed by atoms with E-state index >= 15 is 0 Å². The Hall–Kier alpha value is -1.96. The molecule has 0 radical (unpaired) electrons. The zero-order valence-corrected chi connectivity index (χ0v) is 33.6. The molecule has 0 aliphatic heterocycles. The highest BCUT2D eigenvalue weighted by atomic mass is 31.2. The molecule has 0 saturated heterocycles. The number of aliphatic hydroxyl groups is 5. The largest absolute Gasteiger partial charge is 0.472 e.